The average Bonchev–Trinajstić information content (AvgIpc) is 3.00. The Morgan fingerprint density at radius 1 is 1.42 bits per heavy atom. The van der Waals surface area contributed by atoms with Gasteiger partial charge in [0.05, 0.1) is 6.42 Å². The molecule has 8 nitrogen and oxygen atoms in total. The van der Waals surface area contributed by atoms with Crippen LogP contribution in [-0.2, 0) is 17.8 Å². The highest BCUT2D eigenvalue weighted by atomic mass is 16.5. The van der Waals surface area contributed by atoms with Crippen LogP contribution in [0.25, 0.3) is 0 Å². The third-order valence-corrected chi connectivity index (χ3v) is 3.82. The molecule has 3 amide bonds. The van der Waals surface area contributed by atoms with Crippen molar-refractivity contribution in [1.82, 2.24) is 25.7 Å². The Hall–Kier alpha value is -2.90. The molecular formula is C16H19N5O3. The molecule has 1 unspecified atom stereocenters. The van der Waals surface area contributed by atoms with Gasteiger partial charge in [0.15, 0.2) is 5.82 Å². The number of carbonyl (C=O) groups is 2. The van der Waals surface area contributed by atoms with E-state index in [0.717, 1.165) is 5.56 Å². The maximum atomic E-state index is 12.5. The lowest BCUT2D eigenvalue weighted by atomic mass is 10.1. The second-order valence-electron chi connectivity index (χ2n) is 5.58. The van der Waals surface area contributed by atoms with E-state index >= 15 is 0 Å². The third kappa shape index (κ3) is 3.70. The summed E-state index contributed by atoms with van der Waals surface area (Å²) in [7, 11) is 0. The summed E-state index contributed by atoms with van der Waals surface area (Å²) in [5, 5.41) is 9.33. The first-order valence-electron chi connectivity index (χ1n) is 7.79. The maximum absolute atomic E-state index is 12.5. The lowest BCUT2D eigenvalue weighted by Crippen LogP contribution is -2.60. The van der Waals surface area contributed by atoms with E-state index in [2.05, 4.69) is 20.8 Å². The van der Waals surface area contributed by atoms with Gasteiger partial charge in [-0.2, -0.15) is 4.98 Å². The molecule has 1 aliphatic heterocycles. The van der Waals surface area contributed by atoms with E-state index in [4.69, 9.17) is 4.52 Å². The largest absolute Gasteiger partial charge is 0.353 e. The van der Waals surface area contributed by atoms with Crippen LogP contribution >= 0.6 is 0 Å². The third-order valence-electron chi connectivity index (χ3n) is 3.82. The molecule has 1 aliphatic rings. The minimum atomic E-state index is -0.658. The molecule has 1 atom stereocenters. The number of rotatable bonds is 4. The van der Waals surface area contributed by atoms with Gasteiger partial charge in [0.25, 0.3) is 0 Å². The van der Waals surface area contributed by atoms with Crippen molar-refractivity contribution in [2.45, 2.75) is 25.9 Å². The van der Waals surface area contributed by atoms with Crippen molar-refractivity contribution in [3.8, 4) is 0 Å². The zero-order chi connectivity index (χ0) is 16.9. The number of piperazine rings is 1. The van der Waals surface area contributed by atoms with Gasteiger partial charge < -0.3 is 20.1 Å². The molecule has 2 aromatic rings. The monoisotopic (exact) mass is 329 g/mol. The normalized spacial score (nSPS) is 17.5. The number of aromatic nitrogens is 2. The SMILES string of the molecule is Cc1noc(CC2C(=O)NCCN2C(=O)NCc2ccccc2)n1. The molecule has 126 valence electrons. The van der Waals surface area contributed by atoms with E-state index < -0.39 is 6.04 Å². The standard InChI is InChI=1S/C16H19N5O3/c1-11-19-14(24-20-11)9-13-15(22)17-7-8-21(13)16(23)18-10-12-5-3-2-4-6-12/h2-6,13H,7-10H2,1H3,(H,17,22)(H,18,23). The predicted molar refractivity (Wildman–Crippen MR) is 84.9 cm³/mol. The van der Waals surface area contributed by atoms with Crippen molar-refractivity contribution in [2.75, 3.05) is 13.1 Å². The molecule has 0 saturated carbocycles. The molecule has 0 radical (unpaired) electrons. The molecule has 2 heterocycles. The highest BCUT2D eigenvalue weighted by molar-refractivity contribution is 5.88. The number of benzene rings is 1. The Morgan fingerprint density at radius 2 is 2.21 bits per heavy atom. The summed E-state index contributed by atoms with van der Waals surface area (Å²) >= 11 is 0. The lowest BCUT2D eigenvalue weighted by molar-refractivity contribution is -0.127. The van der Waals surface area contributed by atoms with E-state index in [1.165, 1.54) is 4.90 Å². The molecule has 0 spiro atoms. The number of amides is 3. The van der Waals surface area contributed by atoms with Crippen molar-refractivity contribution in [2.24, 2.45) is 0 Å². The number of urea groups is 1. The van der Waals surface area contributed by atoms with Crippen molar-refractivity contribution in [1.29, 1.82) is 0 Å². The molecule has 1 aromatic carbocycles. The summed E-state index contributed by atoms with van der Waals surface area (Å²) in [6.07, 6.45) is 0.200. The molecule has 0 bridgehead atoms. The van der Waals surface area contributed by atoms with Crippen molar-refractivity contribution in [3.63, 3.8) is 0 Å². The second-order valence-corrected chi connectivity index (χ2v) is 5.58. The molecule has 2 N–H and O–H groups in total. The highest BCUT2D eigenvalue weighted by Gasteiger charge is 2.34. The van der Waals surface area contributed by atoms with Crippen LogP contribution in [0.5, 0.6) is 0 Å². The summed E-state index contributed by atoms with van der Waals surface area (Å²) in [5.41, 5.74) is 0.997. The average molecular weight is 329 g/mol. The Kier molecular flexibility index (Phi) is 4.74. The molecule has 1 fully saturated rings. The molecule has 0 aliphatic carbocycles. The molecule has 3 rings (SSSR count). The van der Waals surface area contributed by atoms with Gasteiger partial charge in [-0.05, 0) is 12.5 Å². The first kappa shape index (κ1) is 16.0. The van der Waals surface area contributed by atoms with Crippen LogP contribution in [0.1, 0.15) is 17.3 Å². The first-order valence-corrected chi connectivity index (χ1v) is 7.79. The van der Waals surface area contributed by atoms with Crippen LogP contribution in [0.2, 0.25) is 0 Å². The molecular weight excluding hydrogens is 310 g/mol. The lowest BCUT2D eigenvalue weighted by Gasteiger charge is -2.34. The summed E-state index contributed by atoms with van der Waals surface area (Å²) in [6, 6.07) is 8.67. The van der Waals surface area contributed by atoms with Crippen LogP contribution in [0.15, 0.2) is 34.9 Å². The first-order chi connectivity index (χ1) is 11.6. The van der Waals surface area contributed by atoms with Gasteiger partial charge in [-0.15, -0.1) is 0 Å². The van der Waals surface area contributed by atoms with Gasteiger partial charge in [-0.1, -0.05) is 35.5 Å². The van der Waals surface area contributed by atoms with Crippen LogP contribution in [-0.4, -0.2) is 46.1 Å². The fourth-order valence-electron chi connectivity index (χ4n) is 2.62. The minimum absolute atomic E-state index is 0.200. The fraction of sp³-hybridized carbons (Fsp3) is 0.375. The van der Waals surface area contributed by atoms with Crippen molar-refractivity contribution < 1.29 is 14.1 Å². The Balaban J connectivity index is 1.66. The van der Waals surface area contributed by atoms with Gasteiger partial charge >= 0.3 is 6.03 Å². The Labute approximate surface area is 139 Å². The van der Waals surface area contributed by atoms with E-state index in [1.807, 2.05) is 30.3 Å². The molecule has 1 aromatic heterocycles. The van der Waals surface area contributed by atoms with Gasteiger partial charge in [0.1, 0.15) is 6.04 Å². The number of carbonyl (C=O) groups excluding carboxylic acids is 2. The van der Waals surface area contributed by atoms with Crippen LogP contribution in [0.3, 0.4) is 0 Å². The number of nitrogens with one attached hydrogen (secondary N) is 2. The number of hydrogen-bond acceptors (Lipinski definition) is 5. The number of aryl methyl sites for hydroxylation is 1. The van der Waals surface area contributed by atoms with E-state index in [0.29, 0.717) is 31.3 Å². The van der Waals surface area contributed by atoms with Gasteiger partial charge in [-0.25, -0.2) is 4.79 Å². The summed E-state index contributed by atoms with van der Waals surface area (Å²) in [6.45, 7) is 2.98. The Morgan fingerprint density at radius 3 is 2.92 bits per heavy atom. The smallest absolute Gasteiger partial charge is 0.318 e. The quantitative estimate of drug-likeness (QED) is 0.857. The topological polar surface area (TPSA) is 100 Å². The molecule has 8 heteroatoms. The Bertz CT molecular complexity index is 716. The van der Waals surface area contributed by atoms with Gasteiger partial charge in [-0.3, -0.25) is 4.79 Å². The maximum Gasteiger partial charge on any atom is 0.318 e. The van der Waals surface area contributed by atoms with Crippen LogP contribution < -0.4 is 10.6 Å². The molecule has 1 saturated heterocycles. The summed E-state index contributed by atoms with van der Waals surface area (Å²) in [5.74, 6) is 0.628. The number of nitrogens with zero attached hydrogens (tertiary/aromatic N) is 3. The van der Waals surface area contributed by atoms with Gasteiger partial charge in [0, 0.05) is 19.6 Å². The van der Waals surface area contributed by atoms with Crippen LogP contribution in [0, 0.1) is 6.92 Å². The van der Waals surface area contributed by atoms with E-state index in [1.54, 1.807) is 6.92 Å². The summed E-state index contributed by atoms with van der Waals surface area (Å²) in [4.78, 5) is 30.3. The predicted octanol–water partition coefficient (Wildman–Crippen LogP) is 0.631. The van der Waals surface area contributed by atoms with Crippen LogP contribution in [0.4, 0.5) is 4.79 Å². The number of hydrogen-bond donors (Lipinski definition) is 2. The summed E-state index contributed by atoms with van der Waals surface area (Å²) < 4.78 is 5.07. The molecule has 24 heavy (non-hydrogen) atoms. The fourth-order valence-corrected chi connectivity index (χ4v) is 2.62. The van der Waals surface area contributed by atoms with Crippen molar-refractivity contribution in [3.05, 3.63) is 47.6 Å². The van der Waals surface area contributed by atoms with E-state index in [-0.39, 0.29) is 18.4 Å². The zero-order valence-electron chi connectivity index (χ0n) is 13.4. The highest BCUT2D eigenvalue weighted by Crippen LogP contribution is 2.12. The minimum Gasteiger partial charge on any atom is -0.353 e. The van der Waals surface area contributed by atoms with E-state index in [9.17, 15) is 9.59 Å². The van der Waals surface area contributed by atoms with Gasteiger partial charge in [0.2, 0.25) is 11.8 Å². The van der Waals surface area contributed by atoms with Crippen molar-refractivity contribution >= 4 is 11.9 Å². The zero-order valence-corrected chi connectivity index (χ0v) is 13.4. The second kappa shape index (κ2) is 7.12.